The zero-order valence-corrected chi connectivity index (χ0v) is 19.7. The Labute approximate surface area is 188 Å². The first kappa shape index (κ1) is 23.3. The van der Waals surface area contributed by atoms with Crippen LogP contribution < -0.4 is 5.32 Å². The van der Waals surface area contributed by atoms with E-state index in [1.807, 2.05) is 4.90 Å². The summed E-state index contributed by atoms with van der Waals surface area (Å²) in [7, 11) is 4.11. The molecule has 0 radical (unpaired) electrons. The molecule has 2 aromatic carbocycles. The van der Waals surface area contributed by atoms with E-state index in [9.17, 15) is 4.79 Å². The van der Waals surface area contributed by atoms with Crippen molar-refractivity contribution in [2.24, 2.45) is 0 Å². The second-order valence-electron chi connectivity index (χ2n) is 8.78. The zero-order valence-electron chi connectivity index (χ0n) is 19.7. The average molecular weight is 423 g/mol. The topological polar surface area (TPSA) is 38.8 Å². The molecule has 1 aliphatic heterocycles. The fraction of sp³-hybridized carbons (Fsp3) is 0.500. The van der Waals surface area contributed by atoms with Gasteiger partial charge in [-0.15, -0.1) is 0 Å². The number of nitrogens with one attached hydrogen (secondary N) is 1. The van der Waals surface area contributed by atoms with Gasteiger partial charge >= 0.3 is 0 Å². The van der Waals surface area contributed by atoms with Crippen molar-refractivity contribution < 1.29 is 4.79 Å². The lowest BCUT2D eigenvalue weighted by atomic mass is 9.98. The number of aryl methyl sites for hydroxylation is 1. The third-order valence-electron chi connectivity index (χ3n) is 6.31. The van der Waals surface area contributed by atoms with Crippen LogP contribution in [0.25, 0.3) is 0 Å². The highest BCUT2D eigenvalue weighted by molar-refractivity contribution is 5.81. The molecule has 5 heteroatoms. The quantitative estimate of drug-likeness (QED) is 0.637. The van der Waals surface area contributed by atoms with Crippen LogP contribution in [0, 0.1) is 6.92 Å². The van der Waals surface area contributed by atoms with Gasteiger partial charge in [-0.2, -0.15) is 0 Å². The van der Waals surface area contributed by atoms with Crippen LogP contribution in [0.1, 0.15) is 29.2 Å². The van der Waals surface area contributed by atoms with Crippen molar-refractivity contribution in [2.75, 3.05) is 58.7 Å². The minimum atomic E-state index is 0.163. The predicted octanol–water partition coefficient (Wildman–Crippen LogP) is 3.42. The number of carbonyl (C=O) groups excluding carboxylic acids is 1. The van der Waals surface area contributed by atoms with E-state index in [4.69, 9.17) is 0 Å². The van der Waals surface area contributed by atoms with E-state index in [2.05, 4.69) is 85.5 Å². The number of hydrogen-bond acceptors (Lipinski definition) is 4. The van der Waals surface area contributed by atoms with Gasteiger partial charge in [-0.3, -0.25) is 9.69 Å². The standard InChI is InChI=1S/C26H38N4O/c1-5-29-15-13-23-11-8-12-25(24(23)20-29)27-19-26(31)30(18-17-28(3)4)16-14-22-10-7-6-9-21(22)2/h6-12,27H,5,13-20H2,1-4H3. The molecule has 1 N–H and O–H groups in total. The molecule has 0 unspecified atom stereocenters. The molecular weight excluding hydrogens is 384 g/mol. The number of anilines is 1. The van der Waals surface area contributed by atoms with E-state index in [-0.39, 0.29) is 5.91 Å². The summed E-state index contributed by atoms with van der Waals surface area (Å²) >= 11 is 0. The molecular formula is C26H38N4O. The van der Waals surface area contributed by atoms with E-state index >= 15 is 0 Å². The summed E-state index contributed by atoms with van der Waals surface area (Å²) in [6.45, 7) is 10.2. The van der Waals surface area contributed by atoms with E-state index < -0.39 is 0 Å². The Morgan fingerprint density at radius 2 is 1.87 bits per heavy atom. The molecule has 2 aromatic rings. The van der Waals surface area contributed by atoms with Crippen molar-refractivity contribution in [1.29, 1.82) is 0 Å². The van der Waals surface area contributed by atoms with Gasteiger partial charge in [0.25, 0.3) is 0 Å². The van der Waals surface area contributed by atoms with Gasteiger partial charge in [-0.05, 0) is 68.7 Å². The molecule has 1 aliphatic rings. The SMILES string of the molecule is CCN1CCc2cccc(NCC(=O)N(CCc3ccccc3C)CCN(C)C)c2C1. The van der Waals surface area contributed by atoms with Gasteiger partial charge in [-0.25, -0.2) is 0 Å². The summed E-state index contributed by atoms with van der Waals surface area (Å²) < 4.78 is 0. The van der Waals surface area contributed by atoms with Crippen molar-refractivity contribution in [3.63, 3.8) is 0 Å². The van der Waals surface area contributed by atoms with Crippen LogP contribution in [0.2, 0.25) is 0 Å². The first-order valence-electron chi connectivity index (χ1n) is 11.5. The highest BCUT2D eigenvalue weighted by atomic mass is 16.2. The molecule has 0 aliphatic carbocycles. The monoisotopic (exact) mass is 422 g/mol. The molecule has 0 spiro atoms. The van der Waals surface area contributed by atoms with Crippen LogP contribution in [0.15, 0.2) is 42.5 Å². The summed E-state index contributed by atoms with van der Waals surface area (Å²) in [6, 6.07) is 14.9. The van der Waals surface area contributed by atoms with Gasteiger partial charge in [0.1, 0.15) is 0 Å². The molecule has 0 saturated carbocycles. The molecule has 0 aromatic heterocycles. The second kappa shape index (κ2) is 11.3. The number of nitrogens with zero attached hydrogens (tertiary/aromatic N) is 3. The summed E-state index contributed by atoms with van der Waals surface area (Å²) in [4.78, 5) is 19.8. The average Bonchev–Trinajstić information content (AvgIpc) is 2.78. The third kappa shape index (κ3) is 6.55. The first-order chi connectivity index (χ1) is 15.0. The van der Waals surface area contributed by atoms with Crippen LogP contribution >= 0.6 is 0 Å². The Morgan fingerprint density at radius 1 is 1.06 bits per heavy atom. The maximum atomic E-state index is 13.2. The van der Waals surface area contributed by atoms with Crippen LogP contribution in [-0.2, 0) is 24.2 Å². The van der Waals surface area contributed by atoms with E-state index in [1.54, 1.807) is 0 Å². The van der Waals surface area contributed by atoms with Crippen molar-refractivity contribution in [3.8, 4) is 0 Å². The van der Waals surface area contributed by atoms with Gasteiger partial charge in [0, 0.05) is 38.4 Å². The number of likely N-dealkylation sites (N-methyl/N-ethyl adjacent to an activating group) is 2. The van der Waals surface area contributed by atoms with Crippen molar-refractivity contribution in [2.45, 2.75) is 33.2 Å². The molecule has 31 heavy (non-hydrogen) atoms. The normalized spacial score (nSPS) is 13.8. The maximum Gasteiger partial charge on any atom is 0.241 e. The van der Waals surface area contributed by atoms with Gasteiger partial charge in [0.15, 0.2) is 0 Å². The first-order valence-corrected chi connectivity index (χ1v) is 11.5. The van der Waals surface area contributed by atoms with Gasteiger partial charge < -0.3 is 15.1 Å². The Bertz CT molecular complexity index is 864. The lowest BCUT2D eigenvalue weighted by Gasteiger charge is -2.30. The number of fused-ring (bicyclic) bond motifs is 1. The molecule has 0 saturated heterocycles. The highest BCUT2D eigenvalue weighted by Crippen LogP contribution is 2.26. The molecule has 0 fully saturated rings. The fourth-order valence-corrected chi connectivity index (χ4v) is 4.18. The Kier molecular flexibility index (Phi) is 8.50. The number of amides is 1. The number of hydrogen-bond donors (Lipinski definition) is 1. The van der Waals surface area contributed by atoms with Crippen molar-refractivity contribution in [3.05, 3.63) is 64.7 Å². The minimum Gasteiger partial charge on any atom is -0.376 e. The minimum absolute atomic E-state index is 0.163. The Morgan fingerprint density at radius 3 is 2.61 bits per heavy atom. The number of rotatable bonds is 10. The fourth-order valence-electron chi connectivity index (χ4n) is 4.18. The summed E-state index contributed by atoms with van der Waals surface area (Å²) in [5, 5.41) is 3.46. The van der Waals surface area contributed by atoms with Crippen LogP contribution in [0.3, 0.4) is 0 Å². The molecule has 0 bridgehead atoms. The van der Waals surface area contributed by atoms with Crippen LogP contribution in [0.4, 0.5) is 5.69 Å². The second-order valence-corrected chi connectivity index (χ2v) is 8.78. The molecule has 1 heterocycles. The largest absolute Gasteiger partial charge is 0.376 e. The molecule has 168 valence electrons. The Hall–Kier alpha value is -2.37. The highest BCUT2D eigenvalue weighted by Gasteiger charge is 2.19. The van der Waals surface area contributed by atoms with Crippen molar-refractivity contribution in [1.82, 2.24) is 14.7 Å². The van der Waals surface area contributed by atoms with Gasteiger partial charge in [0.2, 0.25) is 5.91 Å². The molecule has 1 amide bonds. The smallest absolute Gasteiger partial charge is 0.241 e. The molecule has 3 rings (SSSR count). The maximum absolute atomic E-state index is 13.2. The van der Waals surface area contributed by atoms with E-state index in [1.165, 1.54) is 22.3 Å². The van der Waals surface area contributed by atoms with Gasteiger partial charge in [0.05, 0.1) is 6.54 Å². The molecule has 0 atom stereocenters. The lowest BCUT2D eigenvalue weighted by molar-refractivity contribution is -0.129. The summed E-state index contributed by atoms with van der Waals surface area (Å²) in [6.07, 6.45) is 1.97. The number of benzene rings is 2. The van der Waals surface area contributed by atoms with Crippen LogP contribution in [-0.4, -0.2) is 74.0 Å². The zero-order chi connectivity index (χ0) is 22.2. The van der Waals surface area contributed by atoms with E-state index in [0.29, 0.717) is 6.54 Å². The number of carbonyl (C=O) groups is 1. The summed E-state index contributed by atoms with van der Waals surface area (Å²) in [5.74, 6) is 0.163. The predicted molar refractivity (Wildman–Crippen MR) is 130 cm³/mol. The third-order valence-corrected chi connectivity index (χ3v) is 6.31. The summed E-state index contributed by atoms with van der Waals surface area (Å²) in [5.41, 5.74) is 6.47. The lowest BCUT2D eigenvalue weighted by Crippen LogP contribution is -2.41. The Balaban J connectivity index is 1.64. The van der Waals surface area contributed by atoms with Gasteiger partial charge in [-0.1, -0.05) is 43.3 Å². The van der Waals surface area contributed by atoms with Crippen LogP contribution in [0.5, 0.6) is 0 Å². The molecule has 5 nitrogen and oxygen atoms in total. The van der Waals surface area contributed by atoms with E-state index in [0.717, 1.165) is 57.8 Å². The van der Waals surface area contributed by atoms with Crippen molar-refractivity contribution >= 4 is 11.6 Å².